The Bertz CT molecular complexity index is 1520. The Balaban J connectivity index is 1.37. The lowest BCUT2D eigenvalue weighted by molar-refractivity contribution is 0.0447. The van der Waals surface area contributed by atoms with E-state index in [0.717, 1.165) is 51.6 Å². The summed E-state index contributed by atoms with van der Waals surface area (Å²) in [5, 5.41) is 21.7. The molecule has 1 aliphatic carbocycles. The van der Waals surface area contributed by atoms with Crippen LogP contribution in [-0.2, 0) is 0 Å². The number of aromatic hydroxyl groups is 1. The third-order valence-corrected chi connectivity index (χ3v) is 9.78. The van der Waals surface area contributed by atoms with Crippen molar-refractivity contribution in [3.05, 3.63) is 40.4 Å². The van der Waals surface area contributed by atoms with Crippen molar-refractivity contribution >= 4 is 28.3 Å². The van der Waals surface area contributed by atoms with E-state index in [1.54, 1.807) is 6.92 Å². The normalized spacial score (nSPS) is 24.3. The summed E-state index contributed by atoms with van der Waals surface area (Å²) >= 11 is 6.48. The first-order valence-electron chi connectivity index (χ1n) is 14.7. The van der Waals surface area contributed by atoms with Crippen LogP contribution in [0.5, 0.6) is 11.8 Å². The van der Waals surface area contributed by atoms with Crippen LogP contribution >= 0.6 is 11.6 Å². The molecule has 2 N–H and O–H groups in total. The number of aliphatic hydroxyl groups is 1. The minimum atomic E-state index is -0.960. The van der Waals surface area contributed by atoms with Crippen molar-refractivity contribution in [2.45, 2.75) is 75.3 Å². The fourth-order valence-corrected chi connectivity index (χ4v) is 7.74. The van der Waals surface area contributed by atoms with Crippen LogP contribution in [-0.4, -0.2) is 69.0 Å². The number of fused-ring (bicyclic) bond motifs is 2. The highest BCUT2D eigenvalue weighted by Gasteiger charge is 2.45. The summed E-state index contributed by atoms with van der Waals surface area (Å²) in [6.07, 6.45) is 7.37. The summed E-state index contributed by atoms with van der Waals surface area (Å²) in [5.74, 6) is -1.36. The number of phenolic OH excluding ortho intramolecular Hbond substituents is 1. The maximum absolute atomic E-state index is 16.6. The fourth-order valence-electron chi connectivity index (χ4n) is 7.37. The van der Waals surface area contributed by atoms with Crippen LogP contribution < -0.4 is 9.64 Å². The number of phenols is 1. The van der Waals surface area contributed by atoms with E-state index in [4.69, 9.17) is 21.3 Å². The molecule has 1 atom stereocenters. The summed E-state index contributed by atoms with van der Waals surface area (Å²) in [5.41, 5.74) is -0.463. The molecule has 2 aromatic carbocycles. The SMILES string of the molecule is C[C@@]1(O)CCCN(c2nc(OCC34CCCN3CCC4)nc3c(F)c(-c4cc(O)cc(Cl)c4C4CC4)c(F)cc23)C1. The average Bonchev–Trinajstić information content (AvgIpc) is 3.53. The van der Waals surface area contributed by atoms with Gasteiger partial charge in [0.05, 0.1) is 16.7 Å². The molecule has 0 unspecified atom stereocenters. The van der Waals surface area contributed by atoms with Crippen molar-refractivity contribution in [3.8, 4) is 22.9 Å². The second kappa shape index (κ2) is 9.92. The standard InChI is InChI=1S/C31H35ClF2N4O3/c1-30(40)7-2-10-37(16-30)28-21-15-23(33)25(20-13-19(39)14-22(32)24(20)18-5-6-18)26(34)27(21)35-29(36-28)41-17-31-8-3-11-38(31)12-4-9-31/h13-15,18,39-40H,2-12,16-17H2,1H3/t30-/m1/s1. The molecule has 10 heteroatoms. The molecule has 3 aliphatic heterocycles. The fraction of sp³-hybridized carbons (Fsp3) is 0.548. The minimum absolute atomic E-state index is 0.0404. The number of rotatable bonds is 6. The van der Waals surface area contributed by atoms with Crippen LogP contribution in [0.2, 0.25) is 5.02 Å². The molecule has 7 nitrogen and oxygen atoms in total. The Kier molecular flexibility index (Phi) is 6.56. The molecule has 1 aromatic heterocycles. The van der Waals surface area contributed by atoms with Gasteiger partial charge in [-0.3, -0.25) is 4.90 Å². The van der Waals surface area contributed by atoms with E-state index in [-0.39, 0.29) is 51.8 Å². The quantitative estimate of drug-likeness (QED) is 0.358. The number of aromatic nitrogens is 2. The lowest BCUT2D eigenvalue weighted by Gasteiger charge is -2.38. The van der Waals surface area contributed by atoms with Crippen molar-refractivity contribution in [3.63, 3.8) is 0 Å². The van der Waals surface area contributed by atoms with Crippen molar-refractivity contribution in [2.75, 3.05) is 37.7 Å². The first-order chi connectivity index (χ1) is 19.6. The number of anilines is 1. The zero-order chi connectivity index (χ0) is 28.5. The number of hydrogen-bond donors (Lipinski definition) is 2. The van der Waals surface area contributed by atoms with Gasteiger partial charge >= 0.3 is 6.01 Å². The Morgan fingerprint density at radius 3 is 2.49 bits per heavy atom. The van der Waals surface area contributed by atoms with Crippen LogP contribution in [0.3, 0.4) is 0 Å². The van der Waals surface area contributed by atoms with E-state index >= 15 is 8.78 Å². The number of hydrogen-bond acceptors (Lipinski definition) is 7. The zero-order valence-electron chi connectivity index (χ0n) is 23.2. The monoisotopic (exact) mass is 584 g/mol. The van der Waals surface area contributed by atoms with Crippen LogP contribution in [0.1, 0.15) is 69.8 Å². The smallest absolute Gasteiger partial charge is 0.319 e. The van der Waals surface area contributed by atoms with Gasteiger partial charge in [-0.1, -0.05) is 11.6 Å². The van der Waals surface area contributed by atoms with Gasteiger partial charge in [-0.2, -0.15) is 9.97 Å². The molecular formula is C31H35ClF2N4O3. The number of ether oxygens (including phenoxy) is 1. The summed E-state index contributed by atoms with van der Waals surface area (Å²) in [4.78, 5) is 13.6. The molecule has 0 amide bonds. The summed E-state index contributed by atoms with van der Waals surface area (Å²) in [6.45, 7) is 5.11. The molecule has 4 fully saturated rings. The molecule has 4 aliphatic rings. The van der Waals surface area contributed by atoms with Crippen molar-refractivity contribution in [2.24, 2.45) is 0 Å². The average molecular weight is 585 g/mol. The number of benzene rings is 2. The number of nitrogens with zero attached hydrogens (tertiary/aromatic N) is 4. The van der Waals surface area contributed by atoms with E-state index in [0.29, 0.717) is 42.4 Å². The van der Waals surface area contributed by atoms with Gasteiger partial charge in [0.15, 0.2) is 5.82 Å². The van der Waals surface area contributed by atoms with Crippen molar-refractivity contribution in [1.29, 1.82) is 0 Å². The molecule has 218 valence electrons. The predicted octanol–water partition coefficient (Wildman–Crippen LogP) is 6.17. The molecule has 7 rings (SSSR count). The molecular weight excluding hydrogens is 550 g/mol. The molecule has 41 heavy (non-hydrogen) atoms. The number of β-amino-alcohol motifs (C(OH)–C–C–N with tert-alkyl or cyclic N) is 1. The summed E-state index contributed by atoms with van der Waals surface area (Å²) in [6, 6.07) is 4.10. The van der Waals surface area contributed by atoms with Gasteiger partial charge in [-0.15, -0.1) is 0 Å². The van der Waals surface area contributed by atoms with Gasteiger partial charge in [0, 0.05) is 23.5 Å². The molecule has 0 bridgehead atoms. The highest BCUT2D eigenvalue weighted by Crippen LogP contribution is 2.50. The molecule has 3 saturated heterocycles. The Morgan fingerprint density at radius 2 is 1.78 bits per heavy atom. The lowest BCUT2D eigenvalue weighted by atomic mass is 9.93. The lowest BCUT2D eigenvalue weighted by Crippen LogP contribution is -2.46. The van der Waals surface area contributed by atoms with Crippen molar-refractivity contribution < 1.29 is 23.7 Å². The van der Waals surface area contributed by atoms with E-state index in [2.05, 4.69) is 9.88 Å². The van der Waals surface area contributed by atoms with E-state index < -0.39 is 17.2 Å². The Hall–Kier alpha value is -2.75. The van der Waals surface area contributed by atoms with Gasteiger partial charge in [0.25, 0.3) is 0 Å². The maximum atomic E-state index is 16.6. The Labute approximate surface area is 243 Å². The first-order valence-corrected chi connectivity index (χ1v) is 15.1. The van der Waals surface area contributed by atoms with Gasteiger partial charge in [-0.05, 0) is 107 Å². The number of piperidine rings is 1. The van der Waals surface area contributed by atoms with Gasteiger partial charge in [0.1, 0.15) is 29.5 Å². The van der Waals surface area contributed by atoms with E-state index in [9.17, 15) is 10.2 Å². The zero-order valence-corrected chi connectivity index (χ0v) is 24.0. The molecule has 1 saturated carbocycles. The molecule has 3 aromatic rings. The van der Waals surface area contributed by atoms with Crippen LogP contribution in [0.4, 0.5) is 14.6 Å². The van der Waals surface area contributed by atoms with Crippen LogP contribution in [0.25, 0.3) is 22.0 Å². The van der Waals surface area contributed by atoms with Gasteiger partial charge in [-0.25, -0.2) is 8.78 Å². The first kappa shape index (κ1) is 27.1. The molecule has 0 spiro atoms. The molecule has 4 heterocycles. The van der Waals surface area contributed by atoms with Gasteiger partial charge in [0.2, 0.25) is 0 Å². The van der Waals surface area contributed by atoms with E-state index in [1.807, 2.05) is 4.90 Å². The van der Waals surface area contributed by atoms with Crippen molar-refractivity contribution in [1.82, 2.24) is 14.9 Å². The maximum Gasteiger partial charge on any atom is 0.319 e. The highest BCUT2D eigenvalue weighted by molar-refractivity contribution is 6.32. The third kappa shape index (κ3) is 4.79. The second-order valence-electron chi connectivity index (χ2n) is 12.7. The third-order valence-electron chi connectivity index (χ3n) is 9.47. The van der Waals surface area contributed by atoms with E-state index in [1.165, 1.54) is 18.2 Å². The largest absolute Gasteiger partial charge is 0.508 e. The van der Waals surface area contributed by atoms with Gasteiger partial charge < -0.3 is 19.8 Å². The molecule has 0 radical (unpaired) electrons. The second-order valence-corrected chi connectivity index (χ2v) is 13.1. The number of halogens is 3. The summed E-state index contributed by atoms with van der Waals surface area (Å²) < 4.78 is 38.8. The summed E-state index contributed by atoms with van der Waals surface area (Å²) in [7, 11) is 0. The topological polar surface area (TPSA) is 82.0 Å². The highest BCUT2D eigenvalue weighted by atomic mass is 35.5. The van der Waals surface area contributed by atoms with Crippen LogP contribution in [0.15, 0.2) is 18.2 Å². The minimum Gasteiger partial charge on any atom is -0.508 e. The van der Waals surface area contributed by atoms with Crippen LogP contribution in [0, 0.1) is 11.6 Å². The Morgan fingerprint density at radius 1 is 1.05 bits per heavy atom. The predicted molar refractivity (Wildman–Crippen MR) is 154 cm³/mol.